The Morgan fingerprint density at radius 1 is 1.30 bits per heavy atom. The van der Waals surface area contributed by atoms with Crippen LogP contribution in [0.2, 0.25) is 0 Å². The van der Waals surface area contributed by atoms with Gasteiger partial charge in [-0.25, -0.2) is 18.1 Å². The molecule has 148 valence electrons. The van der Waals surface area contributed by atoms with E-state index in [0.717, 1.165) is 44.8 Å². The van der Waals surface area contributed by atoms with Gasteiger partial charge in [-0.15, -0.1) is 0 Å². The van der Waals surface area contributed by atoms with Crippen molar-refractivity contribution in [2.45, 2.75) is 37.8 Å². The fourth-order valence-electron chi connectivity index (χ4n) is 3.51. The Hall–Kier alpha value is -1.90. The number of imidazole rings is 1. The first-order valence-electron chi connectivity index (χ1n) is 9.38. The molecule has 1 aromatic carbocycles. The molecule has 8 heteroatoms. The zero-order valence-electron chi connectivity index (χ0n) is 16.0. The largest absolute Gasteiger partial charge is 0.497 e. The summed E-state index contributed by atoms with van der Waals surface area (Å²) in [6.07, 6.45) is 5.94. The molecule has 7 nitrogen and oxygen atoms in total. The van der Waals surface area contributed by atoms with Gasteiger partial charge in [-0.05, 0) is 56.5 Å². The number of ether oxygens (including phenoxy) is 1. The van der Waals surface area contributed by atoms with Gasteiger partial charge in [-0.2, -0.15) is 0 Å². The van der Waals surface area contributed by atoms with Gasteiger partial charge >= 0.3 is 0 Å². The first-order valence-corrected chi connectivity index (χ1v) is 10.9. The van der Waals surface area contributed by atoms with Gasteiger partial charge in [0.15, 0.2) is 0 Å². The summed E-state index contributed by atoms with van der Waals surface area (Å²) >= 11 is 0. The Balaban J connectivity index is 1.55. The van der Waals surface area contributed by atoms with Crippen LogP contribution >= 0.6 is 0 Å². The van der Waals surface area contributed by atoms with Crippen LogP contribution in [0.3, 0.4) is 0 Å². The van der Waals surface area contributed by atoms with E-state index in [-0.39, 0.29) is 4.90 Å². The van der Waals surface area contributed by atoms with Crippen LogP contribution in [0.25, 0.3) is 0 Å². The molecule has 0 aliphatic carbocycles. The van der Waals surface area contributed by atoms with E-state index in [1.165, 1.54) is 0 Å². The number of methoxy groups -OCH3 is 1. The monoisotopic (exact) mass is 392 g/mol. The molecule has 27 heavy (non-hydrogen) atoms. The first kappa shape index (κ1) is 19.9. The van der Waals surface area contributed by atoms with Gasteiger partial charge in [0.25, 0.3) is 0 Å². The number of nitrogens with one attached hydrogen (secondary N) is 1. The zero-order chi connectivity index (χ0) is 19.3. The van der Waals surface area contributed by atoms with Crippen LogP contribution in [0.5, 0.6) is 5.75 Å². The SMILES string of the molecule is CCn1ccnc1CN1CCC[C@@H](CNS(=O)(=O)c2ccc(OC)cc2)C1. The number of rotatable bonds is 8. The third-order valence-corrected chi connectivity index (χ3v) is 6.48. The zero-order valence-corrected chi connectivity index (χ0v) is 16.8. The average molecular weight is 393 g/mol. The normalized spacial score (nSPS) is 18.5. The number of aromatic nitrogens is 2. The van der Waals surface area contributed by atoms with Gasteiger partial charge in [-0.3, -0.25) is 4.90 Å². The minimum atomic E-state index is -3.50. The van der Waals surface area contributed by atoms with Crippen molar-refractivity contribution in [2.24, 2.45) is 5.92 Å². The maximum absolute atomic E-state index is 12.5. The van der Waals surface area contributed by atoms with Crippen LogP contribution in [-0.4, -0.2) is 49.6 Å². The average Bonchev–Trinajstić information content (AvgIpc) is 3.14. The van der Waals surface area contributed by atoms with Crippen LogP contribution < -0.4 is 9.46 Å². The summed E-state index contributed by atoms with van der Waals surface area (Å²) in [6, 6.07) is 6.46. The fraction of sp³-hybridized carbons (Fsp3) is 0.526. The lowest BCUT2D eigenvalue weighted by molar-refractivity contribution is 0.163. The highest BCUT2D eigenvalue weighted by Gasteiger charge is 2.23. The molecular weight excluding hydrogens is 364 g/mol. The number of hydrogen-bond donors (Lipinski definition) is 1. The minimum absolute atomic E-state index is 0.265. The number of nitrogens with zero attached hydrogens (tertiary/aromatic N) is 3. The molecule has 3 rings (SSSR count). The summed E-state index contributed by atoms with van der Waals surface area (Å²) in [6.45, 7) is 6.18. The van der Waals surface area contributed by atoms with Crippen molar-refractivity contribution < 1.29 is 13.2 Å². The van der Waals surface area contributed by atoms with Crippen LogP contribution in [0.1, 0.15) is 25.6 Å². The van der Waals surface area contributed by atoms with Crippen molar-refractivity contribution in [3.05, 3.63) is 42.5 Å². The van der Waals surface area contributed by atoms with Crippen molar-refractivity contribution in [1.29, 1.82) is 0 Å². The Kier molecular flexibility index (Phi) is 6.51. The van der Waals surface area contributed by atoms with E-state index in [9.17, 15) is 8.42 Å². The molecule has 1 aromatic heterocycles. The highest BCUT2D eigenvalue weighted by atomic mass is 32.2. The van der Waals surface area contributed by atoms with E-state index >= 15 is 0 Å². The smallest absolute Gasteiger partial charge is 0.240 e. The molecule has 1 fully saturated rings. The first-order chi connectivity index (χ1) is 13.0. The lowest BCUT2D eigenvalue weighted by Crippen LogP contribution is -2.40. The molecule has 0 radical (unpaired) electrons. The van der Waals surface area contributed by atoms with Gasteiger partial charge in [0.1, 0.15) is 11.6 Å². The molecule has 0 spiro atoms. The van der Waals surface area contributed by atoms with Gasteiger partial charge in [0, 0.05) is 32.0 Å². The van der Waals surface area contributed by atoms with Gasteiger partial charge < -0.3 is 9.30 Å². The molecular formula is C19H28N4O3S. The number of aryl methyl sites for hydroxylation is 1. The fourth-order valence-corrected chi connectivity index (χ4v) is 4.62. The van der Waals surface area contributed by atoms with E-state index in [1.807, 2.05) is 12.4 Å². The Morgan fingerprint density at radius 3 is 2.78 bits per heavy atom. The third-order valence-electron chi connectivity index (χ3n) is 5.04. The van der Waals surface area contributed by atoms with Crippen molar-refractivity contribution in [3.8, 4) is 5.75 Å². The summed E-state index contributed by atoms with van der Waals surface area (Å²) in [7, 11) is -1.94. The van der Waals surface area contributed by atoms with Gasteiger partial charge in [-0.1, -0.05) is 0 Å². The second-order valence-corrected chi connectivity index (χ2v) is 8.67. The molecule has 2 heterocycles. The number of piperidine rings is 1. The van der Waals surface area contributed by atoms with E-state index < -0.39 is 10.0 Å². The van der Waals surface area contributed by atoms with E-state index in [4.69, 9.17) is 4.74 Å². The summed E-state index contributed by atoms with van der Waals surface area (Å²) in [5.74, 6) is 2.01. The predicted octanol–water partition coefficient (Wildman–Crippen LogP) is 2.10. The molecule has 0 saturated carbocycles. The number of likely N-dealkylation sites (tertiary alicyclic amines) is 1. The molecule has 0 unspecified atom stereocenters. The molecule has 1 aliphatic heterocycles. The minimum Gasteiger partial charge on any atom is -0.497 e. The van der Waals surface area contributed by atoms with Crippen LogP contribution in [0.4, 0.5) is 0 Å². The summed E-state index contributed by atoms with van der Waals surface area (Å²) in [5, 5.41) is 0. The number of sulfonamides is 1. The Morgan fingerprint density at radius 2 is 2.07 bits per heavy atom. The molecule has 1 atom stereocenters. The third kappa shape index (κ3) is 5.09. The molecule has 0 amide bonds. The van der Waals surface area contributed by atoms with E-state index in [1.54, 1.807) is 31.4 Å². The van der Waals surface area contributed by atoms with Crippen molar-refractivity contribution in [2.75, 3.05) is 26.7 Å². The number of benzene rings is 1. The van der Waals surface area contributed by atoms with Gasteiger partial charge in [0.2, 0.25) is 10.0 Å². The molecule has 1 saturated heterocycles. The van der Waals surface area contributed by atoms with Crippen LogP contribution in [-0.2, 0) is 23.1 Å². The van der Waals surface area contributed by atoms with Crippen molar-refractivity contribution in [1.82, 2.24) is 19.2 Å². The maximum atomic E-state index is 12.5. The van der Waals surface area contributed by atoms with Crippen LogP contribution in [0, 0.1) is 5.92 Å². The standard InChI is InChI=1S/C19H28N4O3S/c1-3-23-12-10-20-19(23)15-22-11-4-5-16(14-22)13-21-27(24,25)18-8-6-17(26-2)7-9-18/h6-10,12,16,21H,3-5,11,13-15H2,1-2H3/t16-/m0/s1. The number of hydrogen-bond acceptors (Lipinski definition) is 5. The quantitative estimate of drug-likeness (QED) is 0.745. The predicted molar refractivity (Wildman–Crippen MR) is 104 cm³/mol. The topological polar surface area (TPSA) is 76.5 Å². The van der Waals surface area contributed by atoms with E-state index in [0.29, 0.717) is 18.2 Å². The summed E-state index contributed by atoms with van der Waals surface area (Å²) in [5.41, 5.74) is 0. The molecule has 1 N–H and O–H groups in total. The maximum Gasteiger partial charge on any atom is 0.240 e. The van der Waals surface area contributed by atoms with Crippen LogP contribution in [0.15, 0.2) is 41.6 Å². The second kappa shape index (κ2) is 8.86. The second-order valence-electron chi connectivity index (χ2n) is 6.90. The van der Waals surface area contributed by atoms with Crippen molar-refractivity contribution >= 4 is 10.0 Å². The molecule has 2 aromatic rings. The highest BCUT2D eigenvalue weighted by molar-refractivity contribution is 7.89. The van der Waals surface area contributed by atoms with Gasteiger partial charge in [0.05, 0.1) is 18.6 Å². The molecule has 1 aliphatic rings. The Labute approximate surface area is 161 Å². The van der Waals surface area contributed by atoms with Crippen molar-refractivity contribution in [3.63, 3.8) is 0 Å². The lowest BCUT2D eigenvalue weighted by atomic mass is 9.98. The molecule has 0 bridgehead atoms. The Bertz CT molecular complexity index is 833. The summed E-state index contributed by atoms with van der Waals surface area (Å²) < 4.78 is 35.0. The van der Waals surface area contributed by atoms with E-state index in [2.05, 4.69) is 26.1 Å². The highest BCUT2D eigenvalue weighted by Crippen LogP contribution is 2.19. The summed E-state index contributed by atoms with van der Waals surface area (Å²) in [4.78, 5) is 7.07. The lowest BCUT2D eigenvalue weighted by Gasteiger charge is -2.32.